The number of hydrogen-bond acceptors (Lipinski definition) is 6. The summed E-state index contributed by atoms with van der Waals surface area (Å²) in [7, 11) is 3.18. The second-order valence-electron chi connectivity index (χ2n) is 8.41. The van der Waals surface area contributed by atoms with Gasteiger partial charge in [-0.25, -0.2) is 0 Å². The first kappa shape index (κ1) is 24.3. The van der Waals surface area contributed by atoms with E-state index in [1.165, 1.54) is 11.3 Å². The van der Waals surface area contributed by atoms with Crippen molar-refractivity contribution in [2.24, 2.45) is 5.92 Å². The van der Waals surface area contributed by atoms with Gasteiger partial charge in [0.15, 0.2) is 0 Å². The number of benzene rings is 2. The van der Waals surface area contributed by atoms with Crippen molar-refractivity contribution in [1.82, 2.24) is 0 Å². The highest BCUT2D eigenvalue weighted by molar-refractivity contribution is 7.16. The third-order valence-electron chi connectivity index (χ3n) is 6.48. The predicted molar refractivity (Wildman–Crippen MR) is 136 cm³/mol. The monoisotopic (exact) mass is 489 g/mol. The Morgan fingerprint density at radius 3 is 2.23 bits per heavy atom. The normalized spacial score (nSPS) is 17.6. The first-order valence-corrected chi connectivity index (χ1v) is 12.1. The van der Waals surface area contributed by atoms with Crippen LogP contribution in [0.1, 0.15) is 40.5 Å². The Labute approximate surface area is 208 Å². The maximum atomic E-state index is 13.7. The number of hydrogen-bond donors (Lipinski definition) is 1. The van der Waals surface area contributed by atoms with Crippen LogP contribution in [0, 0.1) is 31.1 Å². The van der Waals surface area contributed by atoms with Gasteiger partial charge in [0.25, 0.3) is 0 Å². The van der Waals surface area contributed by atoms with Crippen LogP contribution in [0.2, 0.25) is 0 Å². The number of carbonyl (C=O) groups is 2. The lowest BCUT2D eigenvalue weighted by Gasteiger charge is -2.41. The Balaban J connectivity index is 1.75. The fourth-order valence-electron chi connectivity index (χ4n) is 4.45. The Kier molecular flexibility index (Phi) is 7.08. The van der Waals surface area contributed by atoms with E-state index in [1.807, 2.05) is 50.2 Å². The minimum atomic E-state index is -0.525. The lowest BCUT2D eigenvalue weighted by atomic mass is 9.83. The zero-order valence-corrected chi connectivity index (χ0v) is 20.9. The number of methoxy groups -OCH3 is 2. The molecular weight excluding hydrogens is 462 g/mol. The molecule has 2 amide bonds. The second kappa shape index (κ2) is 10.2. The SMILES string of the molecule is COc1ccc(C2C(C(=O)Nc3sc(C)c(C)c3C#N)CCC(=O)N2c2ccc(OC)cc2)cc1. The Bertz CT molecular complexity index is 1280. The summed E-state index contributed by atoms with van der Waals surface area (Å²) in [5.74, 6) is 0.588. The average molecular weight is 490 g/mol. The number of ether oxygens (including phenoxy) is 2. The van der Waals surface area contributed by atoms with Gasteiger partial charge in [0, 0.05) is 17.0 Å². The van der Waals surface area contributed by atoms with Gasteiger partial charge in [0.05, 0.1) is 31.7 Å². The second-order valence-corrected chi connectivity index (χ2v) is 9.64. The number of amides is 2. The number of nitrogens with zero attached hydrogens (tertiary/aromatic N) is 2. The van der Waals surface area contributed by atoms with Crippen LogP contribution in [0.15, 0.2) is 48.5 Å². The molecule has 3 aromatic rings. The highest BCUT2D eigenvalue weighted by Crippen LogP contribution is 2.42. The first-order chi connectivity index (χ1) is 16.9. The van der Waals surface area contributed by atoms with Gasteiger partial charge in [-0.05, 0) is 67.8 Å². The molecule has 4 rings (SSSR count). The number of thiophene rings is 1. The molecule has 1 N–H and O–H groups in total. The molecule has 0 saturated carbocycles. The molecule has 0 radical (unpaired) electrons. The largest absolute Gasteiger partial charge is 0.497 e. The Hall–Kier alpha value is -3.83. The summed E-state index contributed by atoms with van der Waals surface area (Å²) < 4.78 is 10.6. The molecule has 1 aliphatic heterocycles. The van der Waals surface area contributed by atoms with Gasteiger partial charge in [0.2, 0.25) is 11.8 Å². The number of rotatable bonds is 6. The van der Waals surface area contributed by atoms with Gasteiger partial charge in [-0.15, -0.1) is 11.3 Å². The summed E-state index contributed by atoms with van der Waals surface area (Å²) in [6.45, 7) is 3.81. The number of carbonyl (C=O) groups excluding carboxylic acids is 2. The fraction of sp³-hybridized carbons (Fsp3) is 0.296. The van der Waals surface area contributed by atoms with E-state index in [0.717, 1.165) is 16.0 Å². The van der Waals surface area contributed by atoms with E-state index in [-0.39, 0.29) is 18.2 Å². The molecule has 2 unspecified atom stereocenters. The summed E-state index contributed by atoms with van der Waals surface area (Å²) in [6.07, 6.45) is 0.642. The number of piperidine rings is 1. The van der Waals surface area contributed by atoms with Crippen LogP contribution in [-0.2, 0) is 9.59 Å². The minimum absolute atomic E-state index is 0.0550. The molecule has 0 aliphatic carbocycles. The van der Waals surface area contributed by atoms with Crippen molar-refractivity contribution in [3.8, 4) is 17.6 Å². The van der Waals surface area contributed by atoms with E-state index in [4.69, 9.17) is 9.47 Å². The van der Waals surface area contributed by atoms with Crippen molar-refractivity contribution >= 4 is 33.8 Å². The van der Waals surface area contributed by atoms with Crippen molar-refractivity contribution in [2.75, 3.05) is 24.4 Å². The van der Waals surface area contributed by atoms with E-state index in [1.54, 1.807) is 31.3 Å². The summed E-state index contributed by atoms with van der Waals surface area (Å²) in [5.41, 5.74) is 2.88. The smallest absolute Gasteiger partial charge is 0.230 e. The zero-order chi connectivity index (χ0) is 25.1. The van der Waals surface area contributed by atoms with Crippen molar-refractivity contribution < 1.29 is 19.1 Å². The quantitative estimate of drug-likeness (QED) is 0.502. The molecule has 1 fully saturated rings. The van der Waals surface area contributed by atoms with Crippen LogP contribution in [-0.4, -0.2) is 26.0 Å². The lowest BCUT2D eigenvalue weighted by Crippen LogP contribution is -2.46. The molecule has 2 heterocycles. The number of anilines is 2. The summed E-state index contributed by atoms with van der Waals surface area (Å²) in [5, 5.41) is 13.2. The Morgan fingerprint density at radius 1 is 1.06 bits per heavy atom. The van der Waals surface area contributed by atoms with E-state index in [9.17, 15) is 14.9 Å². The summed E-state index contributed by atoms with van der Waals surface area (Å²) in [6, 6.07) is 16.4. The maximum absolute atomic E-state index is 13.7. The molecule has 180 valence electrons. The number of aryl methyl sites for hydroxylation is 1. The zero-order valence-electron chi connectivity index (χ0n) is 20.1. The fourth-order valence-corrected chi connectivity index (χ4v) is 5.46. The van der Waals surface area contributed by atoms with Gasteiger partial charge in [0.1, 0.15) is 22.6 Å². The van der Waals surface area contributed by atoms with Crippen molar-refractivity contribution in [3.05, 3.63) is 70.1 Å². The van der Waals surface area contributed by atoms with Crippen LogP contribution in [0.25, 0.3) is 0 Å². The van der Waals surface area contributed by atoms with Crippen LogP contribution in [0.4, 0.5) is 10.7 Å². The third-order valence-corrected chi connectivity index (χ3v) is 7.60. The highest BCUT2D eigenvalue weighted by atomic mass is 32.1. The highest BCUT2D eigenvalue weighted by Gasteiger charge is 2.41. The number of nitrogens with one attached hydrogen (secondary N) is 1. The predicted octanol–water partition coefficient (Wildman–Crippen LogP) is 5.38. The van der Waals surface area contributed by atoms with E-state index in [2.05, 4.69) is 11.4 Å². The topological polar surface area (TPSA) is 91.7 Å². The van der Waals surface area contributed by atoms with Crippen LogP contribution in [0.3, 0.4) is 0 Å². The molecule has 2 aromatic carbocycles. The third kappa shape index (κ3) is 4.73. The molecule has 8 heteroatoms. The molecule has 1 saturated heterocycles. The standard InChI is InChI=1S/C27H27N3O4S/c1-16-17(2)35-27(23(16)15-28)29-26(32)22-13-14-24(31)30(19-7-11-21(34-4)12-8-19)25(22)18-5-9-20(33-3)10-6-18/h5-12,22,25H,13-14H2,1-4H3,(H,29,32). The molecule has 0 spiro atoms. The molecule has 1 aliphatic rings. The van der Waals surface area contributed by atoms with Crippen LogP contribution in [0.5, 0.6) is 11.5 Å². The van der Waals surface area contributed by atoms with Crippen LogP contribution < -0.4 is 19.7 Å². The molecule has 0 bridgehead atoms. The van der Waals surface area contributed by atoms with Gasteiger partial charge < -0.3 is 19.7 Å². The summed E-state index contributed by atoms with van der Waals surface area (Å²) >= 11 is 1.40. The van der Waals surface area contributed by atoms with Crippen molar-refractivity contribution in [3.63, 3.8) is 0 Å². The molecule has 2 atom stereocenters. The Morgan fingerprint density at radius 2 is 1.66 bits per heavy atom. The van der Waals surface area contributed by atoms with Crippen molar-refractivity contribution in [2.45, 2.75) is 32.7 Å². The van der Waals surface area contributed by atoms with Gasteiger partial charge >= 0.3 is 0 Å². The maximum Gasteiger partial charge on any atom is 0.230 e. The molecule has 7 nitrogen and oxygen atoms in total. The van der Waals surface area contributed by atoms with Crippen LogP contribution >= 0.6 is 11.3 Å². The van der Waals surface area contributed by atoms with Gasteiger partial charge in [-0.3, -0.25) is 9.59 Å². The van der Waals surface area contributed by atoms with E-state index >= 15 is 0 Å². The minimum Gasteiger partial charge on any atom is -0.497 e. The molecular formula is C27H27N3O4S. The molecule has 35 heavy (non-hydrogen) atoms. The van der Waals surface area contributed by atoms with Gasteiger partial charge in [-0.2, -0.15) is 5.26 Å². The first-order valence-electron chi connectivity index (χ1n) is 11.3. The van der Waals surface area contributed by atoms with Gasteiger partial charge in [-0.1, -0.05) is 12.1 Å². The lowest BCUT2D eigenvalue weighted by molar-refractivity contribution is -0.125. The summed E-state index contributed by atoms with van der Waals surface area (Å²) in [4.78, 5) is 29.6. The average Bonchev–Trinajstić information content (AvgIpc) is 3.15. The van der Waals surface area contributed by atoms with E-state index < -0.39 is 12.0 Å². The number of nitriles is 1. The van der Waals surface area contributed by atoms with Crippen molar-refractivity contribution in [1.29, 1.82) is 5.26 Å². The van der Waals surface area contributed by atoms with E-state index in [0.29, 0.717) is 34.2 Å². The molecule has 1 aromatic heterocycles.